The van der Waals surface area contributed by atoms with Crippen LogP contribution in [0.2, 0.25) is 0 Å². The van der Waals surface area contributed by atoms with Crippen molar-refractivity contribution in [3.63, 3.8) is 0 Å². The number of nitrogens with zero attached hydrogens (tertiary/aromatic N) is 1. The van der Waals surface area contributed by atoms with Crippen LogP contribution in [0.4, 0.5) is 5.69 Å². The molecule has 0 aliphatic rings. The minimum Gasteiger partial charge on any atom is -0.478 e. The lowest BCUT2D eigenvalue weighted by Crippen LogP contribution is -2.32. The lowest BCUT2D eigenvalue weighted by atomic mass is 10.1. The zero-order valence-corrected chi connectivity index (χ0v) is 12.8. The Morgan fingerprint density at radius 1 is 1.00 bits per heavy atom. The Bertz CT molecular complexity index is 798. The molecule has 2 rings (SSSR count). The van der Waals surface area contributed by atoms with Crippen LogP contribution < -0.4 is 10.7 Å². The Morgan fingerprint density at radius 3 is 2.29 bits per heavy atom. The normalized spacial score (nSPS) is 10.4. The Morgan fingerprint density at radius 2 is 1.67 bits per heavy atom. The standard InChI is InChI=1S/C17H15N3O4/c1-11-4-2-3-5-14(11)19-15(21)16(22)20-18-10-12-6-8-13(9-7-12)17(23)24/h2-10H,1H3,(H,19,21)(H,20,22)(H,23,24)/b18-10-. The van der Waals surface area contributed by atoms with Crippen LogP contribution >= 0.6 is 0 Å². The van der Waals surface area contributed by atoms with Gasteiger partial charge >= 0.3 is 17.8 Å². The average Bonchev–Trinajstić information content (AvgIpc) is 2.57. The minimum atomic E-state index is -1.03. The number of carboxylic acid groups (broad SMARTS) is 1. The number of rotatable bonds is 4. The highest BCUT2D eigenvalue weighted by Gasteiger charge is 2.13. The van der Waals surface area contributed by atoms with Crippen molar-refractivity contribution in [3.05, 3.63) is 65.2 Å². The van der Waals surface area contributed by atoms with Crippen molar-refractivity contribution in [2.24, 2.45) is 5.10 Å². The quantitative estimate of drug-likeness (QED) is 0.452. The van der Waals surface area contributed by atoms with E-state index in [4.69, 9.17) is 5.11 Å². The van der Waals surface area contributed by atoms with E-state index in [0.717, 1.165) is 5.56 Å². The van der Waals surface area contributed by atoms with Crippen molar-refractivity contribution in [2.45, 2.75) is 6.92 Å². The molecule has 2 aromatic rings. The van der Waals surface area contributed by atoms with Crippen molar-refractivity contribution in [2.75, 3.05) is 5.32 Å². The fourth-order valence-corrected chi connectivity index (χ4v) is 1.82. The number of amides is 2. The summed E-state index contributed by atoms with van der Waals surface area (Å²) in [4.78, 5) is 34.2. The number of carboxylic acids is 1. The van der Waals surface area contributed by atoms with Gasteiger partial charge in [0.1, 0.15) is 0 Å². The maximum absolute atomic E-state index is 11.8. The lowest BCUT2D eigenvalue weighted by molar-refractivity contribution is -0.136. The molecule has 7 heteroatoms. The van der Waals surface area contributed by atoms with Crippen molar-refractivity contribution < 1.29 is 19.5 Å². The molecule has 0 aromatic heterocycles. The molecule has 0 bridgehead atoms. The second-order valence-corrected chi connectivity index (χ2v) is 4.90. The summed E-state index contributed by atoms with van der Waals surface area (Å²) < 4.78 is 0. The molecule has 122 valence electrons. The molecule has 0 spiro atoms. The van der Waals surface area contributed by atoms with E-state index in [1.165, 1.54) is 30.5 Å². The summed E-state index contributed by atoms with van der Waals surface area (Å²) in [6.45, 7) is 1.81. The van der Waals surface area contributed by atoms with Crippen LogP contribution in [-0.4, -0.2) is 29.1 Å². The zero-order valence-electron chi connectivity index (χ0n) is 12.8. The summed E-state index contributed by atoms with van der Waals surface area (Å²) in [5.41, 5.74) is 4.22. The molecule has 0 radical (unpaired) electrons. The van der Waals surface area contributed by atoms with E-state index in [0.29, 0.717) is 11.3 Å². The van der Waals surface area contributed by atoms with Crippen LogP contribution in [0.15, 0.2) is 53.6 Å². The first-order valence-corrected chi connectivity index (χ1v) is 7.01. The molecule has 0 saturated heterocycles. The van der Waals surface area contributed by atoms with Gasteiger partial charge in [-0.05, 0) is 36.2 Å². The molecule has 0 aliphatic carbocycles. The number of hydrogen-bond acceptors (Lipinski definition) is 4. The maximum Gasteiger partial charge on any atom is 0.335 e. The van der Waals surface area contributed by atoms with Crippen molar-refractivity contribution in [1.29, 1.82) is 0 Å². The molecule has 24 heavy (non-hydrogen) atoms. The van der Waals surface area contributed by atoms with E-state index < -0.39 is 17.8 Å². The third kappa shape index (κ3) is 4.51. The highest BCUT2D eigenvalue weighted by Crippen LogP contribution is 2.12. The van der Waals surface area contributed by atoms with Gasteiger partial charge in [-0.25, -0.2) is 10.2 Å². The van der Waals surface area contributed by atoms with Gasteiger partial charge in [-0.1, -0.05) is 30.3 Å². The fraction of sp³-hybridized carbons (Fsp3) is 0.0588. The van der Waals surface area contributed by atoms with Gasteiger partial charge in [-0.3, -0.25) is 9.59 Å². The third-order valence-corrected chi connectivity index (χ3v) is 3.14. The third-order valence-electron chi connectivity index (χ3n) is 3.14. The summed E-state index contributed by atoms with van der Waals surface area (Å²) in [5.74, 6) is -2.76. The predicted molar refractivity (Wildman–Crippen MR) is 88.9 cm³/mol. The summed E-state index contributed by atoms with van der Waals surface area (Å²) in [7, 11) is 0. The van der Waals surface area contributed by atoms with Gasteiger partial charge in [0.25, 0.3) is 0 Å². The van der Waals surface area contributed by atoms with Gasteiger partial charge in [0.05, 0.1) is 11.8 Å². The Balaban J connectivity index is 1.91. The molecule has 0 aliphatic heterocycles. The molecule has 3 N–H and O–H groups in total. The van der Waals surface area contributed by atoms with E-state index in [1.807, 2.05) is 19.1 Å². The second kappa shape index (κ2) is 7.68. The first-order chi connectivity index (χ1) is 11.5. The number of nitrogens with one attached hydrogen (secondary N) is 2. The largest absolute Gasteiger partial charge is 0.478 e. The number of hydrazone groups is 1. The van der Waals surface area contributed by atoms with Gasteiger partial charge in [-0.2, -0.15) is 5.10 Å². The molecule has 7 nitrogen and oxygen atoms in total. The molecular weight excluding hydrogens is 310 g/mol. The van der Waals surface area contributed by atoms with Crippen LogP contribution in [0.5, 0.6) is 0 Å². The first-order valence-electron chi connectivity index (χ1n) is 7.01. The highest BCUT2D eigenvalue weighted by atomic mass is 16.4. The van der Waals surface area contributed by atoms with E-state index in [9.17, 15) is 14.4 Å². The van der Waals surface area contributed by atoms with Gasteiger partial charge < -0.3 is 10.4 Å². The Kier molecular flexibility index (Phi) is 5.40. The number of hydrogen-bond donors (Lipinski definition) is 3. The lowest BCUT2D eigenvalue weighted by Gasteiger charge is -2.06. The van der Waals surface area contributed by atoms with Crippen molar-refractivity contribution in [3.8, 4) is 0 Å². The topological polar surface area (TPSA) is 108 Å². The molecule has 0 fully saturated rings. The van der Waals surface area contributed by atoms with Crippen LogP contribution in [0.1, 0.15) is 21.5 Å². The minimum absolute atomic E-state index is 0.147. The van der Waals surface area contributed by atoms with Crippen LogP contribution in [0, 0.1) is 6.92 Å². The highest BCUT2D eigenvalue weighted by molar-refractivity contribution is 6.39. The van der Waals surface area contributed by atoms with Gasteiger partial charge in [0.2, 0.25) is 0 Å². The smallest absolute Gasteiger partial charge is 0.335 e. The SMILES string of the molecule is Cc1ccccc1NC(=O)C(=O)N/N=C\c1ccc(C(=O)O)cc1. The predicted octanol–water partition coefficient (Wildman–Crippen LogP) is 1.78. The van der Waals surface area contributed by atoms with Crippen molar-refractivity contribution >= 4 is 29.7 Å². The number of carbonyl (C=O) groups excluding carboxylic acids is 2. The van der Waals surface area contributed by atoms with E-state index >= 15 is 0 Å². The van der Waals surface area contributed by atoms with Crippen molar-refractivity contribution in [1.82, 2.24) is 5.43 Å². The summed E-state index contributed by atoms with van der Waals surface area (Å²) in [6, 6.07) is 13.0. The van der Waals surface area contributed by atoms with Gasteiger partial charge in [0, 0.05) is 5.69 Å². The average molecular weight is 325 g/mol. The number of aryl methyl sites for hydroxylation is 1. The van der Waals surface area contributed by atoms with Crippen LogP contribution in [0.25, 0.3) is 0 Å². The number of anilines is 1. The molecular formula is C17H15N3O4. The Hall–Kier alpha value is -3.48. The van der Waals surface area contributed by atoms with E-state index in [1.54, 1.807) is 12.1 Å². The maximum atomic E-state index is 11.8. The molecule has 2 amide bonds. The van der Waals surface area contributed by atoms with E-state index in [-0.39, 0.29) is 5.56 Å². The fourth-order valence-electron chi connectivity index (χ4n) is 1.82. The Labute approximate surface area is 138 Å². The second-order valence-electron chi connectivity index (χ2n) is 4.90. The summed E-state index contributed by atoms with van der Waals surface area (Å²) in [6.07, 6.45) is 1.31. The number of aromatic carboxylic acids is 1. The van der Waals surface area contributed by atoms with Gasteiger partial charge in [-0.15, -0.1) is 0 Å². The summed E-state index contributed by atoms with van der Waals surface area (Å²) >= 11 is 0. The first kappa shape index (κ1) is 16.9. The van der Waals surface area contributed by atoms with E-state index in [2.05, 4.69) is 15.8 Å². The monoisotopic (exact) mass is 325 g/mol. The molecule has 0 atom stereocenters. The zero-order chi connectivity index (χ0) is 17.5. The van der Waals surface area contributed by atoms with Crippen LogP contribution in [0.3, 0.4) is 0 Å². The van der Waals surface area contributed by atoms with Crippen LogP contribution in [-0.2, 0) is 9.59 Å². The molecule has 2 aromatic carbocycles. The molecule has 0 heterocycles. The number of benzene rings is 2. The summed E-state index contributed by atoms with van der Waals surface area (Å²) in [5, 5.41) is 14.9. The van der Waals surface area contributed by atoms with Gasteiger partial charge in [0.15, 0.2) is 0 Å². The molecule has 0 saturated carbocycles. The number of para-hydroxylation sites is 1. The number of carbonyl (C=O) groups is 3. The molecule has 0 unspecified atom stereocenters.